The molecule has 0 N–H and O–H groups in total. The van der Waals surface area contributed by atoms with Gasteiger partial charge in [-0.1, -0.05) is 42.3 Å². The van der Waals surface area contributed by atoms with Gasteiger partial charge in [0.1, 0.15) is 0 Å². The lowest BCUT2D eigenvalue weighted by molar-refractivity contribution is 0.391. The van der Waals surface area contributed by atoms with Gasteiger partial charge in [-0.05, 0) is 26.2 Å². The van der Waals surface area contributed by atoms with E-state index in [1.165, 1.54) is 56.6 Å². The Kier molecular flexibility index (Phi) is 5.25. The first kappa shape index (κ1) is 13.1. The molecule has 0 aliphatic carbocycles. The molecule has 0 atom stereocenters. The van der Waals surface area contributed by atoms with E-state index in [1.807, 2.05) is 18.2 Å². The van der Waals surface area contributed by atoms with E-state index in [9.17, 15) is 0 Å². The highest BCUT2D eigenvalue weighted by molar-refractivity contribution is 5.83. The predicted octanol–water partition coefficient (Wildman–Crippen LogP) is 3.66. The summed E-state index contributed by atoms with van der Waals surface area (Å²) in [6, 6.07) is 10.3. The second-order valence-corrected chi connectivity index (χ2v) is 5.10. The number of hydrogen-bond donors (Lipinski definition) is 0. The minimum atomic E-state index is 1.08. The number of aryl methyl sites for hydroxylation is 1. The van der Waals surface area contributed by atoms with Crippen LogP contribution in [0.5, 0.6) is 0 Å². The predicted molar refractivity (Wildman–Crippen MR) is 78.1 cm³/mol. The van der Waals surface area contributed by atoms with Crippen LogP contribution in [0.2, 0.25) is 0 Å². The molecule has 2 heteroatoms. The Morgan fingerprint density at radius 1 is 0.944 bits per heavy atom. The van der Waals surface area contributed by atoms with Crippen molar-refractivity contribution in [2.24, 2.45) is 4.99 Å². The minimum absolute atomic E-state index is 1.08. The van der Waals surface area contributed by atoms with E-state index in [0.29, 0.717) is 0 Å². The van der Waals surface area contributed by atoms with Crippen LogP contribution in [0.1, 0.15) is 37.7 Å². The lowest BCUT2D eigenvalue weighted by Crippen LogP contribution is -2.34. The van der Waals surface area contributed by atoms with Gasteiger partial charge in [0.25, 0.3) is 0 Å². The molecule has 0 saturated carbocycles. The largest absolute Gasteiger partial charge is 0.360 e. The zero-order valence-electron chi connectivity index (χ0n) is 11.4. The summed E-state index contributed by atoms with van der Waals surface area (Å²) >= 11 is 0. The van der Waals surface area contributed by atoms with Gasteiger partial charge in [0.15, 0.2) is 0 Å². The Hall–Kier alpha value is -1.31. The van der Waals surface area contributed by atoms with Crippen LogP contribution in [0.4, 0.5) is 0 Å². The topological polar surface area (TPSA) is 15.6 Å². The summed E-state index contributed by atoms with van der Waals surface area (Å²) in [6.45, 7) is 5.68. The van der Waals surface area contributed by atoms with E-state index in [-0.39, 0.29) is 0 Å². The number of aliphatic imine (C=N–C) groups is 1. The molecule has 2 nitrogen and oxygen atoms in total. The molecule has 1 saturated heterocycles. The SMILES string of the molecule is C1CCC2=NCCCN2CC1.Cc1ccccc1. The van der Waals surface area contributed by atoms with Crippen LogP contribution in [0.25, 0.3) is 0 Å². The van der Waals surface area contributed by atoms with E-state index in [0.717, 1.165) is 6.54 Å². The molecule has 98 valence electrons. The monoisotopic (exact) mass is 244 g/mol. The number of hydrogen-bond acceptors (Lipinski definition) is 2. The van der Waals surface area contributed by atoms with Gasteiger partial charge in [-0.15, -0.1) is 0 Å². The van der Waals surface area contributed by atoms with Crippen LogP contribution in [-0.4, -0.2) is 30.4 Å². The third-order valence-corrected chi connectivity index (χ3v) is 3.51. The summed E-state index contributed by atoms with van der Waals surface area (Å²) in [5.41, 5.74) is 1.32. The molecule has 2 aliphatic rings. The standard InChI is InChI=1S/C9H16N2.C7H8/c1-2-5-9-10-6-4-8-11(9)7-3-1;1-7-5-3-2-4-6-7/h1-8H2;2-6H,1H3. The fourth-order valence-corrected chi connectivity index (χ4v) is 2.47. The van der Waals surface area contributed by atoms with Gasteiger partial charge >= 0.3 is 0 Å². The van der Waals surface area contributed by atoms with Gasteiger partial charge in [-0.3, -0.25) is 4.99 Å². The van der Waals surface area contributed by atoms with E-state index < -0.39 is 0 Å². The quantitative estimate of drug-likeness (QED) is 0.680. The average molecular weight is 244 g/mol. The van der Waals surface area contributed by atoms with Crippen LogP contribution >= 0.6 is 0 Å². The summed E-state index contributed by atoms with van der Waals surface area (Å²) < 4.78 is 0. The van der Waals surface area contributed by atoms with Crippen LogP contribution in [-0.2, 0) is 0 Å². The minimum Gasteiger partial charge on any atom is -0.360 e. The molecule has 2 heterocycles. The molecule has 0 bridgehead atoms. The van der Waals surface area contributed by atoms with Crippen LogP contribution in [0.15, 0.2) is 35.3 Å². The molecule has 0 radical (unpaired) electrons. The molecule has 1 fully saturated rings. The van der Waals surface area contributed by atoms with Gasteiger partial charge in [0.2, 0.25) is 0 Å². The number of fused-ring (bicyclic) bond motifs is 1. The molecule has 0 unspecified atom stereocenters. The molecular formula is C16H24N2. The second-order valence-electron chi connectivity index (χ2n) is 5.10. The van der Waals surface area contributed by atoms with Gasteiger partial charge in [-0.2, -0.15) is 0 Å². The van der Waals surface area contributed by atoms with Crippen LogP contribution in [0, 0.1) is 6.92 Å². The number of nitrogens with zero attached hydrogens (tertiary/aromatic N) is 2. The van der Waals surface area contributed by atoms with Crippen molar-refractivity contribution in [1.29, 1.82) is 0 Å². The summed E-state index contributed by atoms with van der Waals surface area (Å²) in [5.74, 6) is 1.40. The van der Waals surface area contributed by atoms with Crippen LogP contribution < -0.4 is 0 Å². The zero-order valence-corrected chi connectivity index (χ0v) is 11.4. The fourth-order valence-electron chi connectivity index (χ4n) is 2.47. The van der Waals surface area contributed by atoms with Crippen molar-refractivity contribution in [3.05, 3.63) is 35.9 Å². The molecule has 3 rings (SSSR count). The Morgan fingerprint density at radius 3 is 2.44 bits per heavy atom. The number of amidine groups is 1. The average Bonchev–Trinajstić information content (AvgIpc) is 2.65. The molecule has 1 aromatic rings. The Bertz CT molecular complexity index is 370. The van der Waals surface area contributed by atoms with E-state index in [2.05, 4.69) is 28.9 Å². The molecule has 2 aliphatic heterocycles. The van der Waals surface area contributed by atoms with E-state index in [4.69, 9.17) is 0 Å². The maximum absolute atomic E-state index is 4.55. The molecule has 0 spiro atoms. The van der Waals surface area contributed by atoms with Gasteiger partial charge in [-0.25, -0.2) is 0 Å². The lowest BCUT2D eigenvalue weighted by Gasteiger charge is -2.27. The van der Waals surface area contributed by atoms with Crippen molar-refractivity contribution < 1.29 is 0 Å². The Balaban J connectivity index is 0.000000149. The number of rotatable bonds is 0. The van der Waals surface area contributed by atoms with E-state index >= 15 is 0 Å². The highest BCUT2D eigenvalue weighted by Gasteiger charge is 2.16. The first-order valence-electron chi connectivity index (χ1n) is 7.16. The highest BCUT2D eigenvalue weighted by atomic mass is 15.2. The Morgan fingerprint density at radius 2 is 1.72 bits per heavy atom. The smallest absolute Gasteiger partial charge is 0.0988 e. The second kappa shape index (κ2) is 7.20. The molecule has 1 aromatic carbocycles. The van der Waals surface area contributed by atoms with Crippen molar-refractivity contribution in [3.8, 4) is 0 Å². The van der Waals surface area contributed by atoms with Crippen LogP contribution in [0.3, 0.4) is 0 Å². The summed E-state index contributed by atoms with van der Waals surface area (Å²) in [5, 5.41) is 0. The van der Waals surface area contributed by atoms with Crippen molar-refractivity contribution in [2.45, 2.75) is 39.0 Å². The van der Waals surface area contributed by atoms with E-state index in [1.54, 1.807) is 0 Å². The van der Waals surface area contributed by atoms with Gasteiger partial charge in [0, 0.05) is 26.1 Å². The third kappa shape index (κ3) is 4.17. The van der Waals surface area contributed by atoms with Gasteiger partial charge < -0.3 is 4.90 Å². The van der Waals surface area contributed by atoms with Crippen molar-refractivity contribution in [1.82, 2.24) is 4.90 Å². The fraction of sp³-hybridized carbons (Fsp3) is 0.562. The maximum atomic E-state index is 4.55. The summed E-state index contributed by atoms with van der Waals surface area (Å²) in [6.07, 6.45) is 6.63. The molecule has 18 heavy (non-hydrogen) atoms. The lowest BCUT2D eigenvalue weighted by atomic mass is 10.2. The van der Waals surface area contributed by atoms with Crippen molar-refractivity contribution >= 4 is 5.84 Å². The normalized spacial score (nSPS) is 18.9. The maximum Gasteiger partial charge on any atom is 0.0988 e. The zero-order chi connectivity index (χ0) is 12.6. The Labute approximate surface area is 111 Å². The summed E-state index contributed by atoms with van der Waals surface area (Å²) in [4.78, 5) is 7.04. The first-order valence-corrected chi connectivity index (χ1v) is 7.16. The molecule has 0 aromatic heterocycles. The number of benzene rings is 1. The molecular weight excluding hydrogens is 220 g/mol. The third-order valence-electron chi connectivity index (χ3n) is 3.51. The molecule has 0 amide bonds. The highest BCUT2D eigenvalue weighted by Crippen LogP contribution is 2.15. The van der Waals surface area contributed by atoms with Crippen molar-refractivity contribution in [2.75, 3.05) is 19.6 Å². The summed E-state index contributed by atoms with van der Waals surface area (Å²) in [7, 11) is 0. The first-order chi connectivity index (χ1) is 8.86. The van der Waals surface area contributed by atoms with Gasteiger partial charge in [0.05, 0.1) is 5.84 Å². The van der Waals surface area contributed by atoms with Crippen molar-refractivity contribution in [3.63, 3.8) is 0 Å².